The zero-order chi connectivity index (χ0) is 13.7. The van der Waals surface area contributed by atoms with E-state index in [1.165, 1.54) is 0 Å². The number of nitrogens with two attached hydrogens (primary N) is 1. The zero-order valence-corrected chi connectivity index (χ0v) is 11.5. The summed E-state index contributed by atoms with van der Waals surface area (Å²) in [4.78, 5) is 2.26. The number of primary sulfonamides is 1. The fraction of sp³-hybridized carbons (Fsp3) is 0.500. The van der Waals surface area contributed by atoms with Crippen LogP contribution in [0.4, 0.5) is 11.4 Å². The summed E-state index contributed by atoms with van der Waals surface area (Å²) < 4.78 is 26.9. The van der Waals surface area contributed by atoms with Crippen LogP contribution in [0.25, 0.3) is 0 Å². The summed E-state index contributed by atoms with van der Waals surface area (Å²) in [6.45, 7) is 3.63. The van der Waals surface area contributed by atoms with Gasteiger partial charge in [-0.1, -0.05) is 0 Å². The number of morpholine rings is 1. The Balaban J connectivity index is 1.87. The van der Waals surface area contributed by atoms with Gasteiger partial charge in [-0.3, -0.25) is 0 Å². The first-order valence-electron chi connectivity index (χ1n) is 6.22. The Kier molecular flexibility index (Phi) is 4.62. The van der Waals surface area contributed by atoms with Crippen LogP contribution in [-0.2, 0) is 14.8 Å². The van der Waals surface area contributed by atoms with E-state index in [-0.39, 0.29) is 5.75 Å². The van der Waals surface area contributed by atoms with Gasteiger partial charge in [0.2, 0.25) is 10.0 Å². The summed E-state index contributed by atoms with van der Waals surface area (Å²) >= 11 is 0. The van der Waals surface area contributed by atoms with E-state index in [2.05, 4.69) is 10.2 Å². The monoisotopic (exact) mass is 285 g/mol. The van der Waals surface area contributed by atoms with Gasteiger partial charge >= 0.3 is 0 Å². The standard InChI is InChI=1S/C12H19N3O3S/c13-19(16,17)10-5-14-11-1-3-12(4-2-11)15-6-8-18-9-7-15/h1-4,14H,5-10H2,(H2,13,16,17). The molecule has 0 saturated carbocycles. The molecule has 7 heteroatoms. The predicted molar refractivity (Wildman–Crippen MR) is 75.9 cm³/mol. The van der Waals surface area contributed by atoms with Crippen molar-refractivity contribution in [2.75, 3.05) is 48.8 Å². The fourth-order valence-electron chi connectivity index (χ4n) is 1.95. The molecule has 19 heavy (non-hydrogen) atoms. The molecule has 1 saturated heterocycles. The number of rotatable bonds is 5. The Morgan fingerprint density at radius 3 is 2.42 bits per heavy atom. The number of nitrogens with zero attached hydrogens (tertiary/aromatic N) is 1. The van der Waals surface area contributed by atoms with Crippen molar-refractivity contribution in [3.63, 3.8) is 0 Å². The van der Waals surface area contributed by atoms with Crippen molar-refractivity contribution in [1.29, 1.82) is 0 Å². The third kappa shape index (κ3) is 4.70. The molecule has 1 aromatic carbocycles. The molecule has 0 amide bonds. The minimum Gasteiger partial charge on any atom is -0.384 e. The molecule has 1 aromatic rings. The average molecular weight is 285 g/mol. The smallest absolute Gasteiger partial charge is 0.210 e. The van der Waals surface area contributed by atoms with Gasteiger partial charge in [-0.15, -0.1) is 0 Å². The number of hydrogen-bond donors (Lipinski definition) is 2. The molecule has 0 aromatic heterocycles. The Morgan fingerprint density at radius 2 is 1.84 bits per heavy atom. The molecule has 0 spiro atoms. The summed E-state index contributed by atoms with van der Waals surface area (Å²) in [6, 6.07) is 7.91. The van der Waals surface area contributed by atoms with E-state index in [0.29, 0.717) is 6.54 Å². The lowest BCUT2D eigenvalue weighted by Crippen LogP contribution is -2.36. The van der Waals surface area contributed by atoms with E-state index in [1.807, 2.05) is 24.3 Å². The molecule has 6 nitrogen and oxygen atoms in total. The second kappa shape index (κ2) is 6.23. The number of anilines is 2. The van der Waals surface area contributed by atoms with E-state index < -0.39 is 10.0 Å². The third-order valence-corrected chi connectivity index (χ3v) is 3.73. The molecule has 0 radical (unpaired) electrons. The van der Waals surface area contributed by atoms with E-state index in [0.717, 1.165) is 37.7 Å². The fourth-order valence-corrected chi connectivity index (χ4v) is 2.34. The van der Waals surface area contributed by atoms with Crippen LogP contribution >= 0.6 is 0 Å². The van der Waals surface area contributed by atoms with Crippen molar-refractivity contribution >= 4 is 21.4 Å². The van der Waals surface area contributed by atoms with Crippen LogP contribution in [0.15, 0.2) is 24.3 Å². The van der Waals surface area contributed by atoms with Gasteiger partial charge in [-0.2, -0.15) is 0 Å². The minimum absolute atomic E-state index is 0.0712. The van der Waals surface area contributed by atoms with Crippen molar-refractivity contribution < 1.29 is 13.2 Å². The van der Waals surface area contributed by atoms with Crippen LogP contribution in [0.3, 0.4) is 0 Å². The highest BCUT2D eigenvalue weighted by Gasteiger charge is 2.10. The van der Waals surface area contributed by atoms with Gasteiger partial charge in [0, 0.05) is 31.0 Å². The number of benzene rings is 1. The predicted octanol–water partition coefficient (Wildman–Crippen LogP) is 0.224. The van der Waals surface area contributed by atoms with E-state index in [9.17, 15) is 8.42 Å². The SMILES string of the molecule is NS(=O)(=O)CCNc1ccc(N2CCOCC2)cc1. The lowest BCUT2D eigenvalue weighted by Gasteiger charge is -2.28. The van der Waals surface area contributed by atoms with Gasteiger partial charge < -0.3 is 15.0 Å². The first-order valence-corrected chi connectivity index (χ1v) is 7.93. The Hall–Kier alpha value is -1.31. The summed E-state index contributed by atoms with van der Waals surface area (Å²) in [6.07, 6.45) is 0. The van der Waals surface area contributed by atoms with Crippen LogP contribution in [0.1, 0.15) is 0 Å². The molecule has 1 aliphatic rings. The number of hydrogen-bond acceptors (Lipinski definition) is 5. The first kappa shape index (κ1) is 14.1. The average Bonchev–Trinajstić information content (AvgIpc) is 2.39. The quantitative estimate of drug-likeness (QED) is 0.808. The molecule has 0 bridgehead atoms. The maximum atomic E-state index is 10.8. The van der Waals surface area contributed by atoms with E-state index in [1.54, 1.807) is 0 Å². The van der Waals surface area contributed by atoms with Crippen LogP contribution in [0, 0.1) is 0 Å². The minimum atomic E-state index is -3.40. The van der Waals surface area contributed by atoms with Crippen LogP contribution < -0.4 is 15.4 Å². The lowest BCUT2D eigenvalue weighted by atomic mass is 10.2. The second-order valence-corrected chi connectivity index (χ2v) is 6.17. The van der Waals surface area contributed by atoms with Gasteiger partial charge in [0.1, 0.15) is 0 Å². The van der Waals surface area contributed by atoms with Gasteiger partial charge in [0.15, 0.2) is 0 Å². The second-order valence-electron chi connectivity index (χ2n) is 4.44. The van der Waals surface area contributed by atoms with Crippen molar-refractivity contribution in [2.24, 2.45) is 5.14 Å². The summed E-state index contributed by atoms with van der Waals surface area (Å²) in [5.74, 6) is -0.0712. The molecule has 1 aliphatic heterocycles. The Labute approximate surface area is 113 Å². The topological polar surface area (TPSA) is 84.7 Å². The molecule has 1 heterocycles. The molecule has 106 valence electrons. The molecule has 1 fully saturated rings. The molecule has 2 rings (SSSR count). The molecule has 0 aliphatic carbocycles. The van der Waals surface area contributed by atoms with Crippen LogP contribution in [0.2, 0.25) is 0 Å². The highest BCUT2D eigenvalue weighted by Crippen LogP contribution is 2.18. The first-order chi connectivity index (χ1) is 9.04. The molecule has 3 N–H and O–H groups in total. The van der Waals surface area contributed by atoms with Crippen LogP contribution in [0.5, 0.6) is 0 Å². The summed E-state index contributed by atoms with van der Waals surface area (Å²) in [7, 11) is -3.40. The molecule has 0 atom stereocenters. The lowest BCUT2D eigenvalue weighted by molar-refractivity contribution is 0.122. The Morgan fingerprint density at radius 1 is 1.21 bits per heavy atom. The van der Waals surface area contributed by atoms with Crippen LogP contribution in [-0.4, -0.2) is 47.0 Å². The van der Waals surface area contributed by atoms with Crippen molar-refractivity contribution in [1.82, 2.24) is 0 Å². The number of sulfonamides is 1. The maximum absolute atomic E-state index is 10.8. The zero-order valence-electron chi connectivity index (χ0n) is 10.7. The largest absolute Gasteiger partial charge is 0.384 e. The number of nitrogens with one attached hydrogen (secondary N) is 1. The van der Waals surface area contributed by atoms with Gasteiger partial charge in [-0.05, 0) is 24.3 Å². The summed E-state index contributed by atoms with van der Waals surface area (Å²) in [5, 5.41) is 7.96. The normalized spacial score (nSPS) is 16.4. The highest BCUT2D eigenvalue weighted by molar-refractivity contribution is 7.89. The van der Waals surface area contributed by atoms with E-state index in [4.69, 9.17) is 9.88 Å². The highest BCUT2D eigenvalue weighted by atomic mass is 32.2. The third-order valence-electron chi connectivity index (χ3n) is 2.96. The van der Waals surface area contributed by atoms with Crippen molar-refractivity contribution in [3.8, 4) is 0 Å². The molecular weight excluding hydrogens is 266 g/mol. The number of ether oxygens (including phenoxy) is 1. The Bertz CT molecular complexity index is 495. The van der Waals surface area contributed by atoms with Gasteiger partial charge in [0.25, 0.3) is 0 Å². The molecule has 0 unspecified atom stereocenters. The van der Waals surface area contributed by atoms with Gasteiger partial charge in [-0.25, -0.2) is 13.6 Å². The van der Waals surface area contributed by atoms with Crippen molar-refractivity contribution in [2.45, 2.75) is 0 Å². The van der Waals surface area contributed by atoms with Crippen molar-refractivity contribution in [3.05, 3.63) is 24.3 Å². The van der Waals surface area contributed by atoms with E-state index >= 15 is 0 Å². The summed E-state index contributed by atoms with van der Waals surface area (Å²) in [5.41, 5.74) is 2.04. The van der Waals surface area contributed by atoms with Gasteiger partial charge in [0.05, 0.1) is 19.0 Å². The molecular formula is C12H19N3O3S. The maximum Gasteiger partial charge on any atom is 0.210 e.